The van der Waals surface area contributed by atoms with Gasteiger partial charge in [-0.15, -0.1) is 5.10 Å². The van der Waals surface area contributed by atoms with Gasteiger partial charge in [0.2, 0.25) is 5.79 Å². The number of cyclic esters (lactones) is 1. The van der Waals surface area contributed by atoms with Gasteiger partial charge < -0.3 is 38.8 Å². The Kier molecular flexibility index (Phi) is 20.8. The van der Waals surface area contributed by atoms with Crippen LogP contribution >= 0.6 is 0 Å². The molecule has 1 saturated carbocycles. The zero-order chi connectivity index (χ0) is 50.6. The van der Waals surface area contributed by atoms with Crippen LogP contribution < -0.4 is 0 Å². The van der Waals surface area contributed by atoms with Crippen molar-refractivity contribution in [3.05, 3.63) is 53.9 Å². The average molecular weight is 966 g/mol. The molecule has 2 bridgehead atoms. The third-order valence-corrected chi connectivity index (χ3v) is 15.2. The zero-order valence-corrected chi connectivity index (χ0v) is 42.5. The molecule has 1 aliphatic carbocycles. The Balaban J connectivity index is 1.46. The summed E-state index contributed by atoms with van der Waals surface area (Å²) in [5, 5.41) is 35.2. The zero-order valence-electron chi connectivity index (χ0n) is 42.5. The summed E-state index contributed by atoms with van der Waals surface area (Å²) in [5.74, 6) is -7.92. The first kappa shape index (κ1) is 55.7. The number of rotatable bonds is 7. The second-order valence-electron chi connectivity index (χ2n) is 20.4. The number of carbonyl (C=O) groups excluding carboxylic acids is 5. The minimum Gasteiger partial charge on any atom is -0.460 e. The first-order valence-corrected chi connectivity index (χ1v) is 25.0. The highest BCUT2D eigenvalue weighted by Crippen LogP contribution is 2.39. The topological polar surface area (TPSA) is 219 Å². The van der Waals surface area contributed by atoms with Crippen molar-refractivity contribution in [1.29, 1.82) is 0 Å². The molecule has 17 nitrogen and oxygen atoms in total. The predicted molar refractivity (Wildman–Crippen MR) is 256 cm³/mol. The lowest BCUT2D eigenvalue weighted by Gasteiger charge is -2.42. The molecule has 3 aliphatic heterocycles. The number of ether oxygens (including phenoxy) is 5. The van der Waals surface area contributed by atoms with E-state index in [1.807, 2.05) is 58.1 Å². The number of esters is 1. The van der Waals surface area contributed by atoms with E-state index in [-0.39, 0.29) is 60.9 Å². The molecule has 15 atom stereocenters. The molecule has 5 rings (SSSR count). The van der Waals surface area contributed by atoms with E-state index in [0.717, 1.165) is 18.4 Å². The third kappa shape index (κ3) is 14.2. The van der Waals surface area contributed by atoms with Crippen LogP contribution in [0.5, 0.6) is 0 Å². The maximum Gasteiger partial charge on any atom is 0.329 e. The molecule has 0 spiro atoms. The molecule has 2 N–H and O–H groups in total. The standard InChI is InChI=1S/C52H79N5O12/c1-31-16-12-11-13-17-32(2)43(65-8)28-39-21-19-37(7)52(64,69-39)49(61)50(62)56-23-15-14-18-41(56)51(63)68-44(34(4)26-38-20-22-40(45(27-38)66-9)57-30-53-54-55-57)29-42(58)33(3)25-36(6)47(60)48(67-10)46(59)35(5)24-31/h11-13,16-17,25,30-31,33-35,37-41,43-45,47-48,60,64H,14-15,18-24,26-29H2,1-10H3/b13-11+,16-12+,32-17+,36-25+/t31?,33?,34?,35?,37?,38-,39?,40?,41-,43?,44?,45?,47?,48?,52?/m0/s1. The number of allylic oxidation sites excluding steroid dienone is 6. The third-order valence-electron chi connectivity index (χ3n) is 15.2. The summed E-state index contributed by atoms with van der Waals surface area (Å²) in [6, 6.07) is -1.19. The van der Waals surface area contributed by atoms with Gasteiger partial charge in [0.25, 0.3) is 11.7 Å². The van der Waals surface area contributed by atoms with Crippen molar-refractivity contribution in [3.8, 4) is 0 Å². The Morgan fingerprint density at radius 2 is 1.64 bits per heavy atom. The van der Waals surface area contributed by atoms with Gasteiger partial charge in [-0.05, 0) is 117 Å². The first-order valence-electron chi connectivity index (χ1n) is 25.0. The van der Waals surface area contributed by atoms with Crippen molar-refractivity contribution >= 4 is 29.2 Å². The molecule has 4 heterocycles. The van der Waals surface area contributed by atoms with Crippen LogP contribution in [0, 0.1) is 35.5 Å². The Morgan fingerprint density at radius 1 is 0.884 bits per heavy atom. The molecule has 3 fully saturated rings. The van der Waals surface area contributed by atoms with Crippen molar-refractivity contribution in [2.45, 2.75) is 180 Å². The summed E-state index contributed by atoms with van der Waals surface area (Å²) in [6.45, 7) is 12.8. The van der Waals surface area contributed by atoms with Crippen LogP contribution in [0.15, 0.2) is 53.9 Å². The van der Waals surface area contributed by atoms with E-state index in [9.17, 15) is 34.2 Å². The predicted octanol–water partition coefficient (Wildman–Crippen LogP) is 6.05. The summed E-state index contributed by atoms with van der Waals surface area (Å²) in [7, 11) is 4.62. The molecule has 4 aliphatic rings. The second kappa shape index (κ2) is 25.7. The van der Waals surface area contributed by atoms with Gasteiger partial charge in [-0.3, -0.25) is 19.2 Å². The Hall–Kier alpha value is -4.26. The van der Waals surface area contributed by atoms with Crippen molar-refractivity contribution < 1.29 is 57.9 Å². The fourth-order valence-electron chi connectivity index (χ4n) is 10.7. The van der Waals surface area contributed by atoms with Gasteiger partial charge in [0.05, 0.1) is 24.4 Å². The summed E-state index contributed by atoms with van der Waals surface area (Å²) in [4.78, 5) is 72.3. The number of hydrogen-bond donors (Lipinski definition) is 2. The number of fused-ring (bicyclic) bond motifs is 3. The number of tetrazole rings is 1. The van der Waals surface area contributed by atoms with Crippen LogP contribution in [0.2, 0.25) is 0 Å². The average Bonchev–Trinajstić information content (AvgIpc) is 3.88. The Labute approximate surface area is 408 Å². The monoisotopic (exact) mass is 966 g/mol. The van der Waals surface area contributed by atoms with Crippen LogP contribution in [0.1, 0.15) is 132 Å². The fourth-order valence-corrected chi connectivity index (χ4v) is 10.7. The maximum atomic E-state index is 14.5. The van der Waals surface area contributed by atoms with E-state index in [0.29, 0.717) is 56.9 Å². The lowest BCUT2D eigenvalue weighted by Crippen LogP contribution is -2.61. The smallest absolute Gasteiger partial charge is 0.329 e. The minimum atomic E-state index is -2.43. The van der Waals surface area contributed by atoms with Crippen LogP contribution in [0.3, 0.4) is 0 Å². The highest BCUT2D eigenvalue weighted by molar-refractivity contribution is 6.39. The highest BCUT2D eigenvalue weighted by Gasteiger charge is 2.53. The van der Waals surface area contributed by atoms with E-state index in [2.05, 4.69) is 15.5 Å². The number of hydrogen-bond acceptors (Lipinski definition) is 15. The van der Waals surface area contributed by atoms with Gasteiger partial charge in [0.1, 0.15) is 36.5 Å². The molecular weight excluding hydrogens is 887 g/mol. The van der Waals surface area contributed by atoms with Crippen molar-refractivity contribution in [2.75, 3.05) is 27.9 Å². The second-order valence-corrected chi connectivity index (χ2v) is 20.4. The van der Waals surface area contributed by atoms with Gasteiger partial charge in [0.15, 0.2) is 5.78 Å². The molecule has 69 heavy (non-hydrogen) atoms. The number of ketones is 3. The molecule has 13 unspecified atom stereocenters. The summed E-state index contributed by atoms with van der Waals surface area (Å²) in [6.07, 6.45) is 13.9. The van der Waals surface area contributed by atoms with E-state index >= 15 is 0 Å². The van der Waals surface area contributed by atoms with E-state index in [4.69, 9.17) is 23.7 Å². The summed E-state index contributed by atoms with van der Waals surface area (Å²) < 4.78 is 31.6. The molecule has 17 heteroatoms. The number of carbonyl (C=O) groups is 5. The van der Waals surface area contributed by atoms with Crippen molar-refractivity contribution in [3.63, 3.8) is 0 Å². The number of nitrogens with zero attached hydrogens (tertiary/aromatic N) is 5. The fraction of sp³-hybridized carbons (Fsp3) is 0.731. The lowest BCUT2D eigenvalue weighted by atomic mass is 9.77. The molecular formula is C52H79N5O12. The number of aliphatic hydroxyl groups is 2. The number of piperidine rings is 1. The van der Waals surface area contributed by atoms with E-state index in [1.54, 1.807) is 52.1 Å². The molecule has 2 saturated heterocycles. The number of amides is 1. The van der Waals surface area contributed by atoms with Gasteiger partial charge in [-0.1, -0.05) is 71.1 Å². The Morgan fingerprint density at radius 3 is 2.32 bits per heavy atom. The molecule has 0 aromatic carbocycles. The van der Waals surface area contributed by atoms with E-state index in [1.165, 1.54) is 12.0 Å². The molecule has 1 amide bonds. The van der Waals surface area contributed by atoms with Gasteiger partial charge in [0, 0.05) is 58.5 Å². The number of methoxy groups -OCH3 is 3. The minimum absolute atomic E-state index is 0.0170. The molecule has 384 valence electrons. The van der Waals surface area contributed by atoms with Crippen LogP contribution in [0.25, 0.3) is 0 Å². The van der Waals surface area contributed by atoms with E-state index < -0.39 is 77.8 Å². The van der Waals surface area contributed by atoms with Gasteiger partial charge in [-0.25, -0.2) is 9.48 Å². The highest BCUT2D eigenvalue weighted by atomic mass is 16.6. The van der Waals surface area contributed by atoms with Gasteiger partial charge in [-0.2, -0.15) is 0 Å². The molecule has 0 radical (unpaired) electrons. The SMILES string of the molecule is COC1CC2CCC(C)C(O)(O2)C(=O)C(=O)N2CCCC[C@H]2C(=O)OC(C(C)C[C@@H]2CCC(n3cnnn3)C(OC)C2)CC(=O)C(C)/C=C(\C)C(O)C(OC)C(=O)C(C)CC(C)/C=C/C=C/C=C/1C. The van der Waals surface area contributed by atoms with Crippen LogP contribution in [-0.4, -0.2) is 141 Å². The maximum absolute atomic E-state index is 14.5. The Bertz CT molecular complexity index is 2020. The lowest BCUT2D eigenvalue weighted by molar-refractivity contribution is -0.265. The molecule has 1 aromatic rings. The quantitative estimate of drug-likeness (QED) is 0.181. The van der Waals surface area contributed by atoms with Gasteiger partial charge >= 0.3 is 5.97 Å². The first-order chi connectivity index (χ1) is 32.8. The largest absolute Gasteiger partial charge is 0.460 e. The normalized spacial score (nSPS) is 38.8. The van der Waals surface area contributed by atoms with Crippen LogP contribution in [0.4, 0.5) is 0 Å². The summed E-state index contributed by atoms with van der Waals surface area (Å²) >= 11 is 0. The van der Waals surface area contributed by atoms with Crippen LogP contribution in [-0.2, 0) is 47.7 Å². The summed E-state index contributed by atoms with van der Waals surface area (Å²) in [5.41, 5.74) is 1.27. The number of aromatic nitrogens is 4. The number of Topliss-reactive ketones (excluding diaryl/α,β-unsaturated/α-hetero) is 3. The molecule has 1 aromatic heterocycles. The van der Waals surface area contributed by atoms with Crippen molar-refractivity contribution in [2.24, 2.45) is 35.5 Å². The number of aliphatic hydroxyl groups excluding tert-OH is 1. The van der Waals surface area contributed by atoms with Crippen molar-refractivity contribution in [1.82, 2.24) is 25.1 Å².